The lowest BCUT2D eigenvalue weighted by Crippen LogP contribution is -2.08. The van der Waals surface area contributed by atoms with Crippen LogP contribution in [0, 0.1) is 0 Å². The first-order valence-corrected chi connectivity index (χ1v) is 8.34. The molecule has 0 saturated carbocycles. The molecule has 1 aliphatic heterocycles. The topological polar surface area (TPSA) is 58.4 Å². The van der Waals surface area contributed by atoms with Gasteiger partial charge in [-0.15, -0.1) is 0 Å². The molecule has 0 spiro atoms. The maximum atomic E-state index is 10.6. The Labute approximate surface area is 138 Å². The summed E-state index contributed by atoms with van der Waals surface area (Å²) in [6, 6.07) is 1.66. The molecule has 1 aliphatic rings. The predicted octanol–water partition coefficient (Wildman–Crippen LogP) is 4.06. The average molecular weight is 344 g/mol. The Hall–Kier alpha value is -0.880. The minimum absolute atomic E-state index is 0.485. The first-order valence-electron chi connectivity index (χ1n) is 6.35. The second-order valence-corrected chi connectivity index (χ2v) is 6.14. The van der Waals surface area contributed by atoms with Crippen molar-refractivity contribution in [3.63, 3.8) is 0 Å². The molecule has 2 rings (SSSR count). The van der Waals surface area contributed by atoms with Gasteiger partial charge < -0.3 is 5.11 Å². The third kappa shape index (κ3) is 4.07. The van der Waals surface area contributed by atoms with Crippen LogP contribution in [0.25, 0.3) is 0 Å². The standard InChI is InChI=1S/C14H15Cl2N3OS/c1-8-3-4-11(15)18-7-9(12(8)16)13(20)10-5-6-17-14(19-10)21-2/h5-7,13,20H,3-4H2,1-2H3. The second-order valence-electron chi connectivity index (χ2n) is 4.55. The van der Waals surface area contributed by atoms with Crippen molar-refractivity contribution in [2.45, 2.75) is 31.0 Å². The van der Waals surface area contributed by atoms with Gasteiger partial charge in [0.1, 0.15) is 11.3 Å². The molecule has 1 N–H and O–H groups in total. The van der Waals surface area contributed by atoms with Gasteiger partial charge in [0.05, 0.1) is 5.69 Å². The second kappa shape index (κ2) is 7.40. The Morgan fingerprint density at radius 2 is 2.10 bits per heavy atom. The van der Waals surface area contributed by atoms with E-state index < -0.39 is 6.10 Å². The molecule has 21 heavy (non-hydrogen) atoms. The van der Waals surface area contributed by atoms with E-state index in [1.807, 2.05) is 13.2 Å². The highest BCUT2D eigenvalue weighted by Crippen LogP contribution is 2.33. The van der Waals surface area contributed by atoms with Crippen LogP contribution < -0.4 is 0 Å². The van der Waals surface area contributed by atoms with Crippen LogP contribution in [0.15, 0.2) is 44.8 Å². The van der Waals surface area contributed by atoms with Gasteiger partial charge in [0.25, 0.3) is 0 Å². The van der Waals surface area contributed by atoms with Crippen molar-refractivity contribution in [1.29, 1.82) is 0 Å². The number of halogens is 2. The molecule has 112 valence electrons. The van der Waals surface area contributed by atoms with Crippen molar-refractivity contribution in [3.05, 3.63) is 40.3 Å². The summed E-state index contributed by atoms with van der Waals surface area (Å²) in [6.07, 6.45) is 5.40. The smallest absolute Gasteiger partial charge is 0.187 e. The SMILES string of the molecule is CSc1nccc(C(O)C2=CN=C(Cl)CCC(C)=C2Cl)n1. The fraction of sp³-hybridized carbons (Fsp3) is 0.357. The van der Waals surface area contributed by atoms with Gasteiger partial charge in [-0.25, -0.2) is 15.0 Å². The molecule has 1 aromatic rings. The van der Waals surface area contributed by atoms with Crippen molar-refractivity contribution in [1.82, 2.24) is 9.97 Å². The Kier molecular flexibility index (Phi) is 5.81. The third-order valence-corrected chi connectivity index (χ3v) is 4.48. The largest absolute Gasteiger partial charge is 0.382 e. The maximum Gasteiger partial charge on any atom is 0.187 e. The molecule has 0 bridgehead atoms. The van der Waals surface area contributed by atoms with Gasteiger partial charge >= 0.3 is 0 Å². The van der Waals surface area contributed by atoms with Crippen molar-refractivity contribution >= 4 is 40.1 Å². The molecule has 0 amide bonds. The van der Waals surface area contributed by atoms with Gasteiger partial charge in [0, 0.05) is 29.4 Å². The van der Waals surface area contributed by atoms with Crippen LogP contribution in [-0.4, -0.2) is 26.5 Å². The average Bonchev–Trinajstić information content (AvgIpc) is 2.51. The van der Waals surface area contributed by atoms with Crippen LogP contribution in [0.3, 0.4) is 0 Å². The summed E-state index contributed by atoms with van der Waals surface area (Å²) < 4.78 is 0. The van der Waals surface area contributed by atoms with Gasteiger partial charge in [-0.1, -0.05) is 40.5 Å². The quantitative estimate of drug-likeness (QED) is 0.664. The molecular weight excluding hydrogens is 329 g/mol. The third-order valence-electron chi connectivity index (χ3n) is 3.09. The summed E-state index contributed by atoms with van der Waals surface area (Å²) in [5.41, 5.74) is 1.95. The molecule has 7 heteroatoms. The van der Waals surface area contributed by atoms with Crippen molar-refractivity contribution < 1.29 is 5.11 Å². The van der Waals surface area contributed by atoms with Crippen LogP contribution in [0.1, 0.15) is 31.6 Å². The summed E-state index contributed by atoms with van der Waals surface area (Å²) >= 11 is 13.8. The van der Waals surface area contributed by atoms with Gasteiger partial charge in [-0.3, -0.25) is 0 Å². The van der Waals surface area contributed by atoms with E-state index in [0.717, 1.165) is 5.57 Å². The van der Waals surface area contributed by atoms with Gasteiger partial charge in [-0.2, -0.15) is 0 Å². The predicted molar refractivity (Wildman–Crippen MR) is 87.9 cm³/mol. The summed E-state index contributed by atoms with van der Waals surface area (Å²) in [4.78, 5) is 12.5. The van der Waals surface area contributed by atoms with E-state index in [2.05, 4.69) is 15.0 Å². The zero-order valence-electron chi connectivity index (χ0n) is 11.7. The number of aliphatic hydroxyl groups excluding tert-OH is 1. The lowest BCUT2D eigenvalue weighted by molar-refractivity contribution is 0.212. The minimum atomic E-state index is -0.965. The number of rotatable bonds is 3. The molecule has 1 unspecified atom stereocenters. The van der Waals surface area contributed by atoms with E-state index in [4.69, 9.17) is 23.2 Å². The highest BCUT2D eigenvalue weighted by molar-refractivity contribution is 7.98. The number of aliphatic hydroxyl groups is 1. The van der Waals surface area contributed by atoms with Crippen LogP contribution in [-0.2, 0) is 0 Å². The summed E-state index contributed by atoms with van der Waals surface area (Å²) in [6.45, 7) is 1.92. The lowest BCUT2D eigenvalue weighted by atomic mass is 10.0. The molecule has 2 heterocycles. The monoisotopic (exact) mass is 343 g/mol. The molecule has 1 atom stereocenters. The van der Waals surface area contributed by atoms with Crippen LogP contribution in [0.2, 0.25) is 0 Å². The Bertz CT molecular complexity index is 628. The number of aromatic nitrogens is 2. The van der Waals surface area contributed by atoms with Gasteiger partial charge in [0.15, 0.2) is 5.16 Å². The molecule has 0 saturated heterocycles. The number of thioether (sulfide) groups is 1. The zero-order valence-corrected chi connectivity index (χ0v) is 14.0. The van der Waals surface area contributed by atoms with Crippen LogP contribution in [0.5, 0.6) is 0 Å². The molecule has 0 aliphatic carbocycles. The van der Waals surface area contributed by atoms with E-state index >= 15 is 0 Å². The van der Waals surface area contributed by atoms with E-state index in [1.54, 1.807) is 12.3 Å². The number of hydrogen-bond donors (Lipinski definition) is 1. The van der Waals surface area contributed by atoms with Crippen LogP contribution in [0.4, 0.5) is 0 Å². The first-order chi connectivity index (χ1) is 10.0. The summed E-state index contributed by atoms with van der Waals surface area (Å²) in [7, 11) is 0. The fourth-order valence-electron chi connectivity index (χ4n) is 1.86. The van der Waals surface area contributed by atoms with Crippen LogP contribution >= 0.6 is 35.0 Å². The number of allylic oxidation sites excluding steroid dienone is 1. The van der Waals surface area contributed by atoms with E-state index in [-0.39, 0.29) is 0 Å². The Balaban J connectivity index is 2.42. The van der Waals surface area contributed by atoms with E-state index in [9.17, 15) is 5.11 Å². The van der Waals surface area contributed by atoms with Crippen molar-refractivity contribution in [2.24, 2.45) is 4.99 Å². The minimum Gasteiger partial charge on any atom is -0.382 e. The van der Waals surface area contributed by atoms with Crippen molar-refractivity contribution in [2.75, 3.05) is 6.26 Å². The highest BCUT2D eigenvalue weighted by atomic mass is 35.5. The van der Waals surface area contributed by atoms with Gasteiger partial charge in [-0.05, 0) is 25.7 Å². The molecule has 0 aromatic carbocycles. The van der Waals surface area contributed by atoms with E-state index in [0.29, 0.717) is 39.5 Å². The Morgan fingerprint density at radius 3 is 2.81 bits per heavy atom. The first kappa shape index (κ1) is 16.5. The fourth-order valence-corrected chi connectivity index (χ4v) is 2.62. The molecule has 1 aromatic heterocycles. The zero-order chi connectivity index (χ0) is 15.4. The van der Waals surface area contributed by atoms with E-state index in [1.165, 1.54) is 18.0 Å². The summed E-state index contributed by atoms with van der Waals surface area (Å²) in [5, 5.41) is 12.2. The normalized spacial score (nSPS) is 17.8. The lowest BCUT2D eigenvalue weighted by Gasteiger charge is -2.17. The number of aliphatic imine (C=N–C) groups is 1. The van der Waals surface area contributed by atoms with Gasteiger partial charge in [0.2, 0.25) is 0 Å². The number of hydrogen-bond acceptors (Lipinski definition) is 5. The molecule has 4 nitrogen and oxygen atoms in total. The number of nitrogens with zero attached hydrogens (tertiary/aromatic N) is 3. The van der Waals surface area contributed by atoms with Crippen molar-refractivity contribution in [3.8, 4) is 0 Å². The summed E-state index contributed by atoms with van der Waals surface area (Å²) in [5.74, 6) is 0. The Morgan fingerprint density at radius 1 is 1.33 bits per heavy atom. The maximum absolute atomic E-state index is 10.6. The molecular formula is C14H15Cl2N3OS. The molecule has 0 fully saturated rings. The molecule has 0 radical (unpaired) electrons. The highest BCUT2D eigenvalue weighted by Gasteiger charge is 2.21.